The second kappa shape index (κ2) is 7.10. The summed E-state index contributed by atoms with van der Waals surface area (Å²) in [7, 11) is 2.12. The Balaban J connectivity index is 1.24. The average Bonchev–Trinajstić information content (AvgIpc) is 3.06. The first-order chi connectivity index (χ1) is 12.5. The molecule has 0 spiro atoms. The molecule has 2 bridgehead atoms. The highest BCUT2D eigenvalue weighted by Crippen LogP contribution is 2.59. The smallest absolute Gasteiger partial charge is 0.0900 e. The summed E-state index contributed by atoms with van der Waals surface area (Å²) in [5, 5.41) is 10.4. The van der Waals surface area contributed by atoms with Crippen molar-refractivity contribution in [3.8, 4) is 0 Å². The van der Waals surface area contributed by atoms with Crippen LogP contribution in [-0.2, 0) is 11.2 Å². The second-order valence-electron chi connectivity index (χ2n) is 9.18. The van der Waals surface area contributed by atoms with Crippen molar-refractivity contribution in [2.75, 3.05) is 26.8 Å². The van der Waals surface area contributed by atoms with Gasteiger partial charge in [-0.1, -0.05) is 44.2 Å². The Kier molecular flexibility index (Phi) is 4.98. The maximum atomic E-state index is 10.4. The fourth-order valence-electron chi connectivity index (χ4n) is 5.46. The number of fused-ring (bicyclic) bond motifs is 2. The van der Waals surface area contributed by atoms with E-state index in [0.717, 1.165) is 18.8 Å². The Morgan fingerprint density at radius 1 is 1.31 bits per heavy atom. The predicted octanol–water partition coefficient (Wildman–Crippen LogP) is 3.98. The van der Waals surface area contributed by atoms with Gasteiger partial charge in [0, 0.05) is 12.6 Å². The van der Waals surface area contributed by atoms with Gasteiger partial charge in [-0.25, -0.2) is 0 Å². The molecule has 0 aromatic heterocycles. The van der Waals surface area contributed by atoms with Gasteiger partial charge in [-0.15, -0.1) is 0 Å². The zero-order valence-electron chi connectivity index (χ0n) is 16.4. The van der Waals surface area contributed by atoms with Gasteiger partial charge in [0.05, 0.1) is 19.3 Å². The van der Waals surface area contributed by atoms with Crippen LogP contribution in [0.4, 0.5) is 0 Å². The fraction of sp³-hybridized carbons (Fsp3) is 0.652. The lowest BCUT2D eigenvalue weighted by molar-refractivity contribution is -0.0265. The van der Waals surface area contributed by atoms with Crippen LogP contribution < -0.4 is 0 Å². The number of allylic oxidation sites excluding steroid dienone is 1. The van der Waals surface area contributed by atoms with Crippen molar-refractivity contribution in [3.63, 3.8) is 0 Å². The Labute approximate surface area is 158 Å². The molecule has 0 radical (unpaired) electrons. The van der Waals surface area contributed by atoms with E-state index in [9.17, 15) is 5.11 Å². The number of nitrogens with zero attached hydrogens (tertiary/aromatic N) is 1. The molecule has 1 aromatic rings. The lowest BCUT2D eigenvalue weighted by Gasteiger charge is -2.56. The van der Waals surface area contributed by atoms with Crippen LogP contribution in [0.2, 0.25) is 0 Å². The zero-order chi connectivity index (χ0) is 18.3. The third-order valence-corrected chi connectivity index (χ3v) is 7.29. The summed E-state index contributed by atoms with van der Waals surface area (Å²) < 4.78 is 5.91. The molecule has 3 nitrogen and oxygen atoms in total. The Hall–Kier alpha value is -1.16. The van der Waals surface area contributed by atoms with E-state index in [1.165, 1.54) is 29.5 Å². The Morgan fingerprint density at radius 3 is 2.88 bits per heavy atom. The Morgan fingerprint density at radius 2 is 2.12 bits per heavy atom. The van der Waals surface area contributed by atoms with Crippen molar-refractivity contribution in [1.82, 2.24) is 4.90 Å². The number of rotatable bonds is 7. The van der Waals surface area contributed by atoms with Crippen molar-refractivity contribution in [2.24, 2.45) is 17.3 Å². The molecule has 5 rings (SSSR count). The minimum Gasteiger partial charge on any atom is -0.389 e. The number of aliphatic hydroxyl groups is 1. The summed E-state index contributed by atoms with van der Waals surface area (Å²) in [6.07, 6.45) is 6.78. The van der Waals surface area contributed by atoms with E-state index >= 15 is 0 Å². The number of ether oxygens (including phenoxy) is 1. The minimum atomic E-state index is -0.431. The van der Waals surface area contributed by atoms with Crippen molar-refractivity contribution in [1.29, 1.82) is 0 Å². The van der Waals surface area contributed by atoms with E-state index < -0.39 is 6.10 Å². The summed E-state index contributed by atoms with van der Waals surface area (Å²) in [5.41, 5.74) is 4.79. The maximum Gasteiger partial charge on any atom is 0.0900 e. The van der Waals surface area contributed by atoms with Gasteiger partial charge in [-0.2, -0.15) is 0 Å². The van der Waals surface area contributed by atoms with E-state index in [1.54, 1.807) is 0 Å². The number of aryl methyl sites for hydroxylation is 1. The number of aliphatic hydroxyl groups excluding tert-OH is 1. The van der Waals surface area contributed by atoms with Crippen LogP contribution in [0.5, 0.6) is 0 Å². The van der Waals surface area contributed by atoms with Gasteiger partial charge in [0.15, 0.2) is 0 Å². The Bertz CT molecular complexity index is 681. The monoisotopic (exact) mass is 355 g/mol. The molecule has 0 heterocycles. The molecule has 4 atom stereocenters. The van der Waals surface area contributed by atoms with Crippen molar-refractivity contribution >= 4 is 0 Å². The first-order valence-electron chi connectivity index (χ1n) is 10.2. The highest BCUT2D eigenvalue weighted by molar-refractivity contribution is 5.34. The topological polar surface area (TPSA) is 32.7 Å². The molecule has 1 N–H and O–H groups in total. The van der Waals surface area contributed by atoms with E-state index in [2.05, 4.69) is 56.1 Å². The van der Waals surface area contributed by atoms with Crippen LogP contribution in [0, 0.1) is 17.3 Å². The van der Waals surface area contributed by atoms with E-state index in [1.807, 2.05) is 0 Å². The van der Waals surface area contributed by atoms with E-state index in [0.29, 0.717) is 37.1 Å². The van der Waals surface area contributed by atoms with Gasteiger partial charge in [0.1, 0.15) is 0 Å². The van der Waals surface area contributed by atoms with Crippen molar-refractivity contribution < 1.29 is 9.84 Å². The van der Waals surface area contributed by atoms with Crippen LogP contribution in [-0.4, -0.2) is 42.9 Å². The lowest BCUT2D eigenvalue weighted by Crippen LogP contribution is -2.48. The zero-order valence-corrected chi connectivity index (χ0v) is 16.4. The first-order valence-corrected chi connectivity index (χ1v) is 10.2. The van der Waals surface area contributed by atoms with Gasteiger partial charge in [-0.3, -0.25) is 4.90 Å². The quantitative estimate of drug-likeness (QED) is 0.751. The third-order valence-electron chi connectivity index (χ3n) is 7.29. The third kappa shape index (κ3) is 3.26. The fourth-order valence-corrected chi connectivity index (χ4v) is 5.46. The molecular formula is C23H33NO2. The SMILES string of the molecule is CN(CC(O)COCC1=CCC2CC1C2(C)C)C1CCc2ccccc21. The molecule has 1 fully saturated rings. The molecule has 4 aliphatic rings. The van der Waals surface area contributed by atoms with Gasteiger partial charge in [-0.05, 0) is 66.7 Å². The normalized spacial score (nSPS) is 29.9. The maximum absolute atomic E-state index is 10.4. The summed E-state index contributed by atoms with van der Waals surface area (Å²) >= 11 is 0. The predicted molar refractivity (Wildman–Crippen MR) is 105 cm³/mol. The summed E-state index contributed by atoms with van der Waals surface area (Å²) in [6.45, 7) is 6.56. The summed E-state index contributed by atoms with van der Waals surface area (Å²) in [4.78, 5) is 2.29. The van der Waals surface area contributed by atoms with Crippen molar-refractivity contribution in [3.05, 3.63) is 47.0 Å². The molecule has 1 saturated carbocycles. The summed E-state index contributed by atoms with van der Waals surface area (Å²) in [5.74, 6) is 1.56. The largest absolute Gasteiger partial charge is 0.389 e. The van der Waals surface area contributed by atoms with Crippen LogP contribution in [0.15, 0.2) is 35.9 Å². The highest BCUT2D eigenvalue weighted by Gasteiger charge is 2.50. The minimum absolute atomic E-state index is 0.423. The number of benzene rings is 1. The lowest BCUT2D eigenvalue weighted by atomic mass is 9.49. The number of likely N-dealkylation sites (N-methyl/N-ethyl adjacent to an activating group) is 1. The van der Waals surface area contributed by atoms with Crippen LogP contribution >= 0.6 is 0 Å². The van der Waals surface area contributed by atoms with E-state index in [-0.39, 0.29) is 0 Å². The van der Waals surface area contributed by atoms with Gasteiger partial charge >= 0.3 is 0 Å². The molecule has 0 saturated heterocycles. The molecular weight excluding hydrogens is 322 g/mol. The van der Waals surface area contributed by atoms with Gasteiger partial charge in [0.25, 0.3) is 0 Å². The molecule has 0 amide bonds. The molecule has 3 heteroatoms. The van der Waals surface area contributed by atoms with Crippen LogP contribution in [0.25, 0.3) is 0 Å². The number of hydrogen-bond donors (Lipinski definition) is 1. The van der Waals surface area contributed by atoms with Crippen LogP contribution in [0.1, 0.15) is 50.3 Å². The van der Waals surface area contributed by atoms with Crippen molar-refractivity contribution in [2.45, 2.75) is 51.7 Å². The molecule has 142 valence electrons. The average molecular weight is 356 g/mol. The van der Waals surface area contributed by atoms with Gasteiger partial charge in [0.2, 0.25) is 0 Å². The molecule has 4 aliphatic carbocycles. The molecule has 26 heavy (non-hydrogen) atoms. The standard InChI is InChI=1S/C23H33NO2/c1-23(2)18-10-8-17(21(23)12-18)14-26-15-19(25)13-24(3)22-11-9-16-6-4-5-7-20(16)22/h4-8,18-19,21-22,25H,9-15H2,1-3H3. The van der Waals surface area contributed by atoms with E-state index in [4.69, 9.17) is 4.74 Å². The molecule has 1 aromatic carbocycles. The highest BCUT2D eigenvalue weighted by atomic mass is 16.5. The van der Waals surface area contributed by atoms with Crippen LogP contribution in [0.3, 0.4) is 0 Å². The first kappa shape index (κ1) is 18.2. The second-order valence-corrected chi connectivity index (χ2v) is 9.18. The molecule has 4 unspecified atom stereocenters. The molecule has 0 aliphatic heterocycles. The van der Waals surface area contributed by atoms with Gasteiger partial charge < -0.3 is 9.84 Å². The number of hydrogen-bond acceptors (Lipinski definition) is 3. The summed E-state index contributed by atoms with van der Waals surface area (Å²) in [6, 6.07) is 9.13.